The maximum Gasteiger partial charge on any atom is 0.356 e. The molecule has 0 aliphatic heterocycles. The van der Waals surface area contributed by atoms with E-state index in [-0.39, 0.29) is 5.75 Å². The fourth-order valence-electron chi connectivity index (χ4n) is 5.45. The van der Waals surface area contributed by atoms with Crippen LogP contribution in [0.1, 0.15) is 36.5 Å². The number of nitrogens with zero attached hydrogens (tertiary/aromatic N) is 2. The van der Waals surface area contributed by atoms with Crippen molar-refractivity contribution in [1.29, 1.82) is 0 Å². The van der Waals surface area contributed by atoms with Gasteiger partial charge in [0.15, 0.2) is 4.90 Å². The van der Waals surface area contributed by atoms with Gasteiger partial charge in [0.25, 0.3) is 10.2 Å². The van der Waals surface area contributed by atoms with Gasteiger partial charge >= 0.3 is 17.9 Å². The van der Waals surface area contributed by atoms with Crippen LogP contribution in [0, 0.1) is 29.9 Å². The highest BCUT2D eigenvalue weighted by Gasteiger charge is 2.32. The van der Waals surface area contributed by atoms with Crippen LogP contribution in [0.4, 0.5) is 4.39 Å². The molecule has 1 aliphatic rings. The fraction of sp³-hybridized carbons (Fsp3) is 0.222. The van der Waals surface area contributed by atoms with Gasteiger partial charge in [0, 0.05) is 4.88 Å². The van der Waals surface area contributed by atoms with Gasteiger partial charge in [-0.3, -0.25) is 9.59 Å². The molecule has 56 heavy (non-hydrogen) atoms. The molecule has 292 valence electrons. The molecule has 0 amide bonds. The number of allylic oxidation sites excluding steroid dienone is 2. The van der Waals surface area contributed by atoms with Crippen LogP contribution >= 0.6 is 32.9 Å². The van der Waals surface area contributed by atoms with Gasteiger partial charge in [-0.25, -0.2) is 9.18 Å². The molecule has 3 aromatic carbocycles. The zero-order valence-corrected chi connectivity index (χ0v) is 32.5. The summed E-state index contributed by atoms with van der Waals surface area (Å²) in [6, 6.07) is 19.3. The summed E-state index contributed by atoms with van der Waals surface area (Å²) in [6.07, 6.45) is -1.59. The maximum absolute atomic E-state index is 14.6. The third-order valence-electron chi connectivity index (χ3n) is 8.05. The Kier molecular flexibility index (Phi) is 14.0. The minimum Gasteiger partial charge on any atom is -0.612 e. The van der Waals surface area contributed by atoms with Gasteiger partial charge in [0.1, 0.15) is 41.0 Å². The Hall–Kier alpha value is -5.54. The predicted octanol–water partition coefficient (Wildman–Crippen LogP) is 7.04. The van der Waals surface area contributed by atoms with E-state index in [1.54, 1.807) is 55.6 Å². The van der Waals surface area contributed by atoms with Crippen LogP contribution in [0.2, 0.25) is 0 Å². The fourth-order valence-corrected chi connectivity index (χ4v) is 8.37. The molecule has 1 aromatic heterocycles. The third-order valence-corrected chi connectivity index (χ3v) is 11.9. The second kappa shape index (κ2) is 18.9. The minimum atomic E-state index is -1.87. The van der Waals surface area contributed by atoms with Crippen molar-refractivity contribution in [3.05, 3.63) is 125 Å². The van der Waals surface area contributed by atoms with Crippen LogP contribution < -0.4 is 4.74 Å². The number of esters is 3. The van der Waals surface area contributed by atoms with Crippen LogP contribution in [-0.4, -0.2) is 64.3 Å². The summed E-state index contributed by atoms with van der Waals surface area (Å²) in [4.78, 5) is 70.9. The number of fused-ring (bicyclic) bond motifs is 1. The van der Waals surface area contributed by atoms with Gasteiger partial charge in [0.2, 0.25) is 6.10 Å². The summed E-state index contributed by atoms with van der Waals surface area (Å²) < 4.78 is 43.2. The van der Waals surface area contributed by atoms with Crippen LogP contribution in [0.5, 0.6) is 5.75 Å². The Morgan fingerprint density at radius 3 is 2.27 bits per heavy atom. The zero-order chi connectivity index (χ0) is 40.5. The first-order valence-electron chi connectivity index (χ1n) is 16.2. The lowest BCUT2D eigenvalue weighted by molar-refractivity contribution is -0.789. The van der Waals surface area contributed by atoms with Crippen molar-refractivity contribution in [2.24, 2.45) is 0 Å². The Morgan fingerprint density at radius 2 is 1.64 bits per heavy atom. The third kappa shape index (κ3) is 11.3. The Morgan fingerprint density at radius 1 is 0.929 bits per heavy atom. The van der Waals surface area contributed by atoms with Crippen molar-refractivity contribution in [3.63, 3.8) is 0 Å². The molecule has 1 aliphatic carbocycles. The Bertz CT molecular complexity index is 2250. The highest BCUT2D eigenvalue weighted by molar-refractivity contribution is 7.90. The van der Waals surface area contributed by atoms with Crippen molar-refractivity contribution >= 4 is 79.2 Å². The molecule has 0 radical (unpaired) electrons. The average molecular weight is 845 g/mol. The molecule has 4 aromatic rings. The molecule has 15 nitrogen and oxygen atoms in total. The van der Waals surface area contributed by atoms with E-state index >= 15 is 0 Å². The largest absolute Gasteiger partial charge is 0.612 e. The van der Waals surface area contributed by atoms with Gasteiger partial charge < -0.3 is 28.4 Å². The van der Waals surface area contributed by atoms with Gasteiger partial charge in [0.05, 0.1) is 12.8 Å². The highest BCUT2D eigenvalue weighted by Crippen LogP contribution is 2.44. The van der Waals surface area contributed by atoms with Crippen LogP contribution in [0.25, 0.3) is 27.7 Å². The Balaban J connectivity index is 1.36. The summed E-state index contributed by atoms with van der Waals surface area (Å²) in [5.74, 6) is -3.86. The molecule has 20 heteroatoms. The first kappa shape index (κ1) is 41.6. The summed E-state index contributed by atoms with van der Waals surface area (Å²) >= 11 is 4.00. The van der Waals surface area contributed by atoms with E-state index in [2.05, 4.69) is 9.68 Å². The number of halogens is 1. The lowest BCUT2D eigenvalue weighted by Gasteiger charge is -2.18. The summed E-state index contributed by atoms with van der Waals surface area (Å²) in [5.41, 5.74) is 4.27. The molecular weight excluding hydrogens is 816 g/mol. The highest BCUT2D eigenvalue weighted by atomic mass is 32.9. The second-order valence-electron chi connectivity index (χ2n) is 11.8. The second-order valence-corrected chi connectivity index (χ2v) is 16.1. The van der Waals surface area contributed by atoms with Gasteiger partial charge in [-0.1, -0.05) is 39.0 Å². The molecule has 5 rings (SSSR count). The van der Waals surface area contributed by atoms with Crippen molar-refractivity contribution in [3.8, 4) is 16.2 Å². The van der Waals surface area contributed by atoms with E-state index in [9.17, 15) is 43.6 Å². The zero-order valence-electron chi connectivity index (χ0n) is 29.2. The first-order valence-corrected chi connectivity index (χ1v) is 20.3. The maximum atomic E-state index is 14.6. The molecule has 3 unspecified atom stereocenters. The number of hydrogen-bond acceptors (Lipinski definition) is 16. The average Bonchev–Trinajstić information content (AvgIpc) is 3.69. The van der Waals surface area contributed by atoms with Crippen molar-refractivity contribution in [2.75, 3.05) is 19.5 Å². The number of carbonyl (C=O) groups excluding carboxylic acids is 3. The Labute approximate surface area is 332 Å². The van der Waals surface area contributed by atoms with E-state index in [1.807, 2.05) is 12.1 Å². The van der Waals surface area contributed by atoms with Crippen molar-refractivity contribution in [1.82, 2.24) is 0 Å². The number of rotatable bonds is 17. The van der Waals surface area contributed by atoms with Crippen LogP contribution in [-0.2, 0) is 44.7 Å². The van der Waals surface area contributed by atoms with E-state index < -0.39 is 83.3 Å². The summed E-state index contributed by atoms with van der Waals surface area (Å²) in [5, 5.41) is 18.9. The molecular formula is C36H29FN2O13S4. The molecule has 0 saturated heterocycles. The van der Waals surface area contributed by atoms with Gasteiger partial charge in [-0.2, -0.15) is 0 Å². The summed E-state index contributed by atoms with van der Waals surface area (Å²) in [6.45, 7) is -0.178. The number of carbonyl (C=O) groups is 3. The molecule has 0 bridgehead atoms. The summed E-state index contributed by atoms with van der Waals surface area (Å²) in [7, 11) is 2.88. The van der Waals surface area contributed by atoms with Crippen molar-refractivity contribution in [2.45, 2.75) is 36.9 Å². The van der Waals surface area contributed by atoms with E-state index in [0.717, 1.165) is 16.0 Å². The quantitative estimate of drug-likeness (QED) is 0.0199. The van der Waals surface area contributed by atoms with E-state index in [1.165, 1.54) is 44.9 Å². The molecule has 0 spiro atoms. The molecule has 0 N–H and O–H groups in total. The SMILES string of the molecule is CC1=C(CC(=O)OC(COC(=O)CC(CO[N+](=O)[O-])O[N+](=O)[O-])C(=O)Oc2ccc(-c3cc(=S)ss3)cc2)c2cc(F)ccc2/C1=C\c1ccc([S+](C)[O-])cc1. The van der Waals surface area contributed by atoms with Crippen molar-refractivity contribution < 1.29 is 57.4 Å². The van der Waals surface area contributed by atoms with E-state index in [4.69, 9.17) is 26.4 Å². The molecule has 3 atom stereocenters. The van der Waals surface area contributed by atoms with E-state index in [0.29, 0.717) is 36.6 Å². The minimum absolute atomic E-state index is 0.0491. The normalized spacial score (nSPS) is 14.3. The monoisotopic (exact) mass is 844 g/mol. The molecule has 0 fully saturated rings. The van der Waals surface area contributed by atoms with Crippen LogP contribution in [0.15, 0.2) is 83.3 Å². The lowest BCUT2D eigenvalue weighted by atomic mass is 10.0. The smallest absolute Gasteiger partial charge is 0.356 e. The lowest BCUT2D eigenvalue weighted by Crippen LogP contribution is -2.37. The number of ether oxygens (including phenoxy) is 3. The standard InChI is InChI=1S/C36H29FN2O13S4/c1-20-28(13-21-3-10-26(11-4-21)56(2)47)27-12-7-23(37)14-30(27)29(20)16-34(41)51-31(19-48-33(40)15-25(52-39(45)46)18-49-38(43)44)36(42)50-24-8-5-22(6-9-24)32-17-35(53)55-54-32/h3-14,17,25,31H,15-16,18-19H2,1-2H3/b28-13-. The molecule has 1 heterocycles. The van der Waals surface area contributed by atoms with Crippen LogP contribution in [0.3, 0.4) is 0 Å². The number of benzene rings is 3. The van der Waals surface area contributed by atoms with Gasteiger partial charge in [-0.05, 0) is 130 Å². The van der Waals surface area contributed by atoms with Gasteiger partial charge in [-0.15, -0.1) is 20.2 Å². The number of hydrogen-bond donors (Lipinski definition) is 0. The first-order chi connectivity index (χ1) is 26.7. The molecule has 0 saturated carbocycles. The topological polar surface area (TPSA) is 207 Å². The predicted molar refractivity (Wildman–Crippen MR) is 205 cm³/mol.